The maximum atomic E-state index is 12.3. The van der Waals surface area contributed by atoms with Crippen molar-refractivity contribution in [3.8, 4) is 0 Å². The van der Waals surface area contributed by atoms with Crippen molar-refractivity contribution in [3.63, 3.8) is 0 Å². The predicted octanol–water partition coefficient (Wildman–Crippen LogP) is 5.03. The predicted molar refractivity (Wildman–Crippen MR) is 109 cm³/mol. The molecule has 27 heavy (non-hydrogen) atoms. The van der Waals surface area contributed by atoms with Gasteiger partial charge in [-0.1, -0.05) is 43.7 Å². The van der Waals surface area contributed by atoms with Gasteiger partial charge in [-0.2, -0.15) is 0 Å². The van der Waals surface area contributed by atoms with E-state index >= 15 is 0 Å². The molecule has 1 fully saturated rings. The minimum Gasteiger partial charge on any atom is -0.312 e. The van der Waals surface area contributed by atoms with E-state index in [1.165, 1.54) is 24.0 Å². The van der Waals surface area contributed by atoms with Crippen LogP contribution in [0.4, 0.5) is 0 Å². The van der Waals surface area contributed by atoms with Crippen LogP contribution in [-0.2, 0) is 24.1 Å². The lowest BCUT2D eigenvalue weighted by molar-refractivity contribution is -0.119. The molecule has 2 aromatic rings. The normalized spacial score (nSPS) is 14.1. The van der Waals surface area contributed by atoms with Crippen molar-refractivity contribution in [1.29, 1.82) is 0 Å². The Balaban J connectivity index is 1.46. The number of carbonyl (C=O) groups excluding carboxylic acids is 1. The maximum absolute atomic E-state index is 12.3. The fourth-order valence-corrected chi connectivity index (χ4v) is 3.49. The average molecular weight is 368 g/mol. The highest BCUT2D eigenvalue weighted by Crippen LogP contribution is 2.37. The monoisotopic (exact) mass is 367 g/mol. The van der Waals surface area contributed by atoms with Gasteiger partial charge in [0.1, 0.15) is 17.4 Å². The standard InChI is InChI=1S/C23H33N3O/c1-17(2)7-15-22-24-25-23(26(22)20-12-13-20)16-14-21(27)6-4-5-19-10-8-18(3)9-11-19/h8-11,17,20H,4-7,12-16H2,1-3H3. The van der Waals surface area contributed by atoms with Gasteiger partial charge in [0.15, 0.2) is 0 Å². The van der Waals surface area contributed by atoms with Gasteiger partial charge in [-0.15, -0.1) is 10.2 Å². The molecule has 1 saturated carbocycles. The lowest BCUT2D eigenvalue weighted by Crippen LogP contribution is -2.09. The molecule has 4 nitrogen and oxygen atoms in total. The van der Waals surface area contributed by atoms with Gasteiger partial charge in [0.05, 0.1) is 0 Å². The van der Waals surface area contributed by atoms with Gasteiger partial charge in [-0.05, 0) is 50.5 Å². The van der Waals surface area contributed by atoms with Crippen molar-refractivity contribution in [2.24, 2.45) is 5.92 Å². The molecule has 1 aliphatic rings. The topological polar surface area (TPSA) is 47.8 Å². The van der Waals surface area contributed by atoms with Crippen molar-refractivity contribution in [2.75, 3.05) is 0 Å². The number of rotatable bonds is 11. The molecule has 0 spiro atoms. The Labute approximate surface area is 163 Å². The van der Waals surface area contributed by atoms with E-state index in [-0.39, 0.29) is 0 Å². The van der Waals surface area contributed by atoms with Gasteiger partial charge in [0.2, 0.25) is 0 Å². The Bertz CT molecular complexity index is 741. The minimum absolute atomic E-state index is 0.344. The van der Waals surface area contributed by atoms with Crippen LogP contribution in [-0.4, -0.2) is 20.5 Å². The van der Waals surface area contributed by atoms with Gasteiger partial charge in [0, 0.05) is 31.7 Å². The molecular formula is C23H33N3O. The maximum Gasteiger partial charge on any atom is 0.133 e. The van der Waals surface area contributed by atoms with Crippen LogP contribution in [0.2, 0.25) is 0 Å². The van der Waals surface area contributed by atoms with E-state index in [1.54, 1.807) is 0 Å². The lowest BCUT2D eigenvalue weighted by Gasteiger charge is -2.10. The average Bonchev–Trinajstić information content (AvgIpc) is 3.40. The molecule has 0 bridgehead atoms. The first-order valence-corrected chi connectivity index (χ1v) is 10.5. The number of ketones is 1. The smallest absolute Gasteiger partial charge is 0.133 e. The van der Waals surface area contributed by atoms with Crippen LogP contribution < -0.4 is 0 Å². The number of Topliss-reactive ketones (excluding diaryl/α,β-unsaturated/α-hetero) is 1. The summed E-state index contributed by atoms with van der Waals surface area (Å²) in [6.45, 7) is 6.59. The molecule has 0 unspecified atom stereocenters. The number of hydrogen-bond donors (Lipinski definition) is 0. The highest BCUT2D eigenvalue weighted by Gasteiger charge is 2.29. The molecule has 3 rings (SSSR count). The summed E-state index contributed by atoms with van der Waals surface area (Å²) in [5, 5.41) is 8.86. The second-order valence-corrected chi connectivity index (χ2v) is 8.44. The van der Waals surface area contributed by atoms with Crippen LogP contribution in [0.5, 0.6) is 0 Å². The highest BCUT2D eigenvalue weighted by atomic mass is 16.1. The molecule has 146 valence electrons. The summed E-state index contributed by atoms with van der Waals surface area (Å²) < 4.78 is 2.34. The van der Waals surface area contributed by atoms with Crippen LogP contribution >= 0.6 is 0 Å². The van der Waals surface area contributed by atoms with Crippen molar-refractivity contribution in [1.82, 2.24) is 14.8 Å². The van der Waals surface area contributed by atoms with E-state index in [4.69, 9.17) is 0 Å². The van der Waals surface area contributed by atoms with Crippen LogP contribution in [0, 0.1) is 12.8 Å². The van der Waals surface area contributed by atoms with Crippen molar-refractivity contribution in [3.05, 3.63) is 47.0 Å². The summed E-state index contributed by atoms with van der Waals surface area (Å²) in [4.78, 5) is 12.3. The van der Waals surface area contributed by atoms with Crippen molar-refractivity contribution < 1.29 is 4.79 Å². The van der Waals surface area contributed by atoms with Crippen molar-refractivity contribution >= 4 is 5.78 Å². The SMILES string of the molecule is Cc1ccc(CCCC(=O)CCc2nnc(CCC(C)C)n2C2CC2)cc1. The highest BCUT2D eigenvalue weighted by molar-refractivity contribution is 5.78. The fraction of sp³-hybridized carbons (Fsp3) is 0.609. The molecule has 1 aromatic heterocycles. The molecule has 1 aliphatic carbocycles. The Morgan fingerprint density at radius 2 is 1.70 bits per heavy atom. The molecule has 0 atom stereocenters. The van der Waals surface area contributed by atoms with E-state index in [0.717, 1.165) is 43.8 Å². The summed E-state index contributed by atoms with van der Waals surface area (Å²) in [6, 6.07) is 9.18. The molecule has 1 heterocycles. The first-order chi connectivity index (χ1) is 13.0. The molecule has 0 amide bonds. The fourth-order valence-electron chi connectivity index (χ4n) is 3.49. The zero-order valence-corrected chi connectivity index (χ0v) is 17.1. The minimum atomic E-state index is 0.344. The molecule has 1 aromatic carbocycles. The Hall–Kier alpha value is -1.97. The largest absolute Gasteiger partial charge is 0.312 e. The van der Waals surface area contributed by atoms with E-state index in [9.17, 15) is 4.79 Å². The van der Waals surface area contributed by atoms with Gasteiger partial charge >= 0.3 is 0 Å². The summed E-state index contributed by atoms with van der Waals surface area (Å²) in [5.74, 6) is 3.15. The van der Waals surface area contributed by atoms with Crippen LogP contribution in [0.15, 0.2) is 24.3 Å². The molecular weight excluding hydrogens is 334 g/mol. The summed E-state index contributed by atoms with van der Waals surface area (Å²) in [5.41, 5.74) is 2.60. The Morgan fingerprint density at radius 3 is 2.33 bits per heavy atom. The van der Waals surface area contributed by atoms with Gasteiger partial charge in [-0.3, -0.25) is 4.79 Å². The number of hydrogen-bond acceptors (Lipinski definition) is 3. The Kier molecular flexibility index (Phi) is 6.81. The van der Waals surface area contributed by atoms with Crippen LogP contribution in [0.3, 0.4) is 0 Å². The Morgan fingerprint density at radius 1 is 1.04 bits per heavy atom. The second-order valence-electron chi connectivity index (χ2n) is 8.44. The van der Waals surface area contributed by atoms with E-state index in [1.807, 2.05) is 0 Å². The first kappa shape index (κ1) is 19.8. The molecule has 0 aliphatic heterocycles. The molecule has 0 radical (unpaired) electrons. The number of nitrogens with zero attached hydrogens (tertiary/aromatic N) is 3. The van der Waals surface area contributed by atoms with Crippen molar-refractivity contribution in [2.45, 2.75) is 84.6 Å². The second kappa shape index (κ2) is 9.29. The number of benzene rings is 1. The lowest BCUT2D eigenvalue weighted by atomic mass is 10.0. The number of aryl methyl sites for hydroxylation is 4. The summed E-state index contributed by atoms with van der Waals surface area (Å²) in [7, 11) is 0. The van der Waals surface area contributed by atoms with E-state index in [0.29, 0.717) is 30.6 Å². The molecule has 4 heteroatoms. The number of carbonyl (C=O) groups is 1. The van der Waals surface area contributed by atoms with E-state index in [2.05, 4.69) is 59.8 Å². The van der Waals surface area contributed by atoms with Crippen LogP contribution in [0.1, 0.15) is 81.2 Å². The zero-order chi connectivity index (χ0) is 19.2. The van der Waals surface area contributed by atoms with Crippen LogP contribution in [0.25, 0.3) is 0 Å². The first-order valence-electron chi connectivity index (χ1n) is 10.5. The number of aromatic nitrogens is 3. The van der Waals surface area contributed by atoms with Gasteiger partial charge in [0.25, 0.3) is 0 Å². The third-order valence-corrected chi connectivity index (χ3v) is 5.36. The van der Waals surface area contributed by atoms with E-state index < -0.39 is 0 Å². The van der Waals surface area contributed by atoms with Gasteiger partial charge < -0.3 is 4.57 Å². The quantitative estimate of drug-likeness (QED) is 0.559. The summed E-state index contributed by atoms with van der Waals surface area (Å²) in [6.07, 6.45) is 8.46. The zero-order valence-electron chi connectivity index (χ0n) is 17.1. The molecule has 0 saturated heterocycles. The third-order valence-electron chi connectivity index (χ3n) is 5.36. The third kappa shape index (κ3) is 6.02. The van der Waals surface area contributed by atoms with Gasteiger partial charge in [-0.25, -0.2) is 0 Å². The molecule has 0 N–H and O–H groups in total. The summed E-state index contributed by atoms with van der Waals surface area (Å²) >= 11 is 0.